The van der Waals surface area contributed by atoms with Crippen molar-refractivity contribution in [1.82, 2.24) is 24.3 Å². The number of nitrogens with one attached hydrogen (secondary N) is 1. The summed E-state index contributed by atoms with van der Waals surface area (Å²) >= 11 is 1.75. The van der Waals surface area contributed by atoms with Gasteiger partial charge in [-0.1, -0.05) is 30.8 Å². The van der Waals surface area contributed by atoms with Crippen molar-refractivity contribution in [3.05, 3.63) is 66.1 Å². The van der Waals surface area contributed by atoms with Crippen LogP contribution in [0.5, 0.6) is 5.88 Å². The summed E-state index contributed by atoms with van der Waals surface area (Å²) in [5.74, 6) is 0.747. The minimum absolute atomic E-state index is 0.203. The second-order valence-electron chi connectivity index (χ2n) is 10.5. The van der Waals surface area contributed by atoms with Crippen molar-refractivity contribution in [1.29, 1.82) is 0 Å². The number of amides is 2. The molecule has 0 radical (unpaired) electrons. The highest BCUT2D eigenvalue weighted by atomic mass is 32.2. The number of thioether (sulfide) groups is 1. The lowest BCUT2D eigenvalue weighted by molar-refractivity contribution is 0.102. The third-order valence-electron chi connectivity index (χ3n) is 7.30. The van der Waals surface area contributed by atoms with E-state index in [-0.39, 0.29) is 11.8 Å². The Hall–Kier alpha value is -3.37. The molecule has 1 N–H and O–H groups in total. The van der Waals surface area contributed by atoms with Gasteiger partial charge in [-0.2, -0.15) is 0 Å². The molecule has 39 heavy (non-hydrogen) atoms. The van der Waals surface area contributed by atoms with E-state index in [9.17, 15) is 9.59 Å². The predicted molar refractivity (Wildman–Crippen MR) is 152 cm³/mol. The number of likely N-dealkylation sites (tertiary alicyclic amines) is 2. The second kappa shape index (κ2) is 12.7. The molecule has 1 unspecified atom stereocenters. The van der Waals surface area contributed by atoms with E-state index in [1.54, 1.807) is 35.0 Å². The van der Waals surface area contributed by atoms with Gasteiger partial charge in [-0.15, -0.1) is 0 Å². The van der Waals surface area contributed by atoms with Crippen LogP contribution in [0.1, 0.15) is 48.5 Å². The molecule has 3 aromatic rings. The molecule has 1 atom stereocenters. The summed E-state index contributed by atoms with van der Waals surface area (Å²) in [5.41, 5.74) is 2.34. The van der Waals surface area contributed by atoms with Gasteiger partial charge in [0.2, 0.25) is 5.88 Å². The molecule has 10 heteroatoms. The van der Waals surface area contributed by atoms with Gasteiger partial charge >= 0.3 is 6.09 Å². The number of aromatic nitrogens is 3. The molecule has 0 aliphatic carbocycles. The van der Waals surface area contributed by atoms with Gasteiger partial charge in [0, 0.05) is 62.5 Å². The zero-order valence-corrected chi connectivity index (χ0v) is 23.4. The van der Waals surface area contributed by atoms with Crippen LogP contribution in [0.3, 0.4) is 0 Å². The fourth-order valence-corrected chi connectivity index (χ4v) is 6.19. The molecule has 5 rings (SSSR count). The first-order valence-corrected chi connectivity index (χ1v) is 14.5. The normalized spacial score (nSPS) is 18.6. The maximum absolute atomic E-state index is 12.7. The van der Waals surface area contributed by atoms with Crippen molar-refractivity contribution >= 4 is 29.4 Å². The summed E-state index contributed by atoms with van der Waals surface area (Å²) in [6, 6.07) is 11.1. The molecule has 1 aromatic carbocycles. The van der Waals surface area contributed by atoms with E-state index in [4.69, 9.17) is 4.74 Å². The van der Waals surface area contributed by atoms with Crippen molar-refractivity contribution in [2.75, 3.05) is 31.5 Å². The number of nitrogens with zero attached hydrogens (tertiary/aromatic N) is 5. The number of hydrogen-bond acceptors (Lipinski definition) is 7. The summed E-state index contributed by atoms with van der Waals surface area (Å²) in [6.45, 7) is 6.74. The van der Waals surface area contributed by atoms with Gasteiger partial charge in [0.25, 0.3) is 5.91 Å². The summed E-state index contributed by atoms with van der Waals surface area (Å²) in [5, 5.41) is 4.28. The average molecular weight is 549 g/mol. The van der Waals surface area contributed by atoms with Crippen LogP contribution >= 0.6 is 11.8 Å². The number of benzene rings is 1. The van der Waals surface area contributed by atoms with Crippen molar-refractivity contribution in [3.63, 3.8) is 0 Å². The molecule has 2 amide bonds. The van der Waals surface area contributed by atoms with E-state index in [0.717, 1.165) is 43.6 Å². The van der Waals surface area contributed by atoms with Gasteiger partial charge in [0.05, 0.1) is 11.9 Å². The highest BCUT2D eigenvalue weighted by Gasteiger charge is 2.26. The predicted octanol–water partition coefficient (Wildman–Crippen LogP) is 5.05. The molecular weight excluding hydrogens is 512 g/mol. The number of carbonyl (C=O) groups excluding carboxylic acids is 2. The number of ether oxygens (including phenoxy) is 1. The van der Waals surface area contributed by atoms with E-state index in [0.29, 0.717) is 29.6 Å². The quantitative estimate of drug-likeness (QED) is 0.441. The number of hydrogen-bond donors (Lipinski definition) is 1. The van der Waals surface area contributed by atoms with E-state index in [1.165, 1.54) is 24.6 Å². The minimum Gasteiger partial charge on any atom is -0.391 e. The number of rotatable bonds is 7. The fourth-order valence-electron chi connectivity index (χ4n) is 5.09. The maximum atomic E-state index is 12.7. The lowest BCUT2D eigenvalue weighted by atomic mass is 9.99. The zero-order valence-electron chi connectivity index (χ0n) is 22.6. The Kier molecular flexibility index (Phi) is 8.83. The van der Waals surface area contributed by atoms with Crippen LogP contribution in [0.2, 0.25) is 0 Å². The molecule has 2 fully saturated rings. The molecule has 0 bridgehead atoms. The minimum atomic E-state index is -0.404. The van der Waals surface area contributed by atoms with E-state index in [2.05, 4.69) is 27.1 Å². The molecule has 0 spiro atoms. The van der Waals surface area contributed by atoms with E-state index >= 15 is 0 Å². The van der Waals surface area contributed by atoms with E-state index < -0.39 is 6.09 Å². The largest absolute Gasteiger partial charge is 0.416 e. The fraction of sp³-hybridized carbons (Fsp3) is 0.448. The van der Waals surface area contributed by atoms with Crippen LogP contribution in [-0.2, 0) is 13.6 Å². The van der Waals surface area contributed by atoms with Crippen LogP contribution < -0.4 is 10.1 Å². The maximum Gasteiger partial charge on any atom is 0.416 e. The molecule has 206 valence electrons. The van der Waals surface area contributed by atoms with Crippen LogP contribution in [0, 0.1) is 5.92 Å². The van der Waals surface area contributed by atoms with Crippen LogP contribution in [-0.4, -0.2) is 67.8 Å². The number of piperidine rings is 2. The highest BCUT2D eigenvalue weighted by Crippen LogP contribution is 2.29. The van der Waals surface area contributed by atoms with Crippen molar-refractivity contribution < 1.29 is 14.3 Å². The number of imidazole rings is 1. The molecule has 9 nitrogen and oxygen atoms in total. The van der Waals surface area contributed by atoms with Gasteiger partial charge in [-0.25, -0.2) is 14.8 Å². The molecule has 2 aliphatic heterocycles. The summed E-state index contributed by atoms with van der Waals surface area (Å²) in [4.78, 5) is 38.1. The van der Waals surface area contributed by atoms with Crippen molar-refractivity contribution in [2.45, 2.75) is 49.6 Å². The van der Waals surface area contributed by atoms with Gasteiger partial charge < -0.3 is 19.5 Å². The van der Waals surface area contributed by atoms with Gasteiger partial charge in [0.15, 0.2) is 5.16 Å². The first-order valence-electron chi connectivity index (χ1n) is 13.6. The first kappa shape index (κ1) is 27.2. The van der Waals surface area contributed by atoms with Crippen molar-refractivity contribution in [3.8, 4) is 5.88 Å². The second-order valence-corrected chi connectivity index (χ2v) is 11.8. The van der Waals surface area contributed by atoms with Crippen LogP contribution in [0.25, 0.3) is 0 Å². The Morgan fingerprint density at radius 1 is 1.05 bits per heavy atom. The average Bonchev–Trinajstić information content (AvgIpc) is 3.34. The molecule has 0 saturated carbocycles. The Labute approximate surface area is 233 Å². The Morgan fingerprint density at radius 2 is 1.85 bits per heavy atom. The Bertz CT molecular complexity index is 1250. The molecular formula is C29H36N6O3S. The van der Waals surface area contributed by atoms with Crippen LogP contribution in [0.4, 0.5) is 10.5 Å². The first-order chi connectivity index (χ1) is 18.9. The molecule has 2 aromatic heterocycles. The highest BCUT2D eigenvalue weighted by molar-refractivity contribution is 7.99. The van der Waals surface area contributed by atoms with E-state index in [1.807, 2.05) is 42.1 Å². The summed E-state index contributed by atoms with van der Waals surface area (Å²) < 4.78 is 7.49. The monoisotopic (exact) mass is 548 g/mol. The number of aryl methyl sites for hydroxylation is 1. The Morgan fingerprint density at radius 3 is 2.51 bits per heavy atom. The van der Waals surface area contributed by atoms with Crippen LogP contribution in [0.15, 0.2) is 60.1 Å². The number of anilines is 1. The summed E-state index contributed by atoms with van der Waals surface area (Å²) in [6.07, 6.45) is 9.15. The number of carbonyl (C=O) groups is 2. The molecule has 2 aliphatic rings. The topological polar surface area (TPSA) is 92.6 Å². The SMILES string of the molecule is CC1CCCN(Cc2ccc(C(=O)Nc3ccc(OC(=O)N4CCC(Sc5nccn5C)CC4)nc3)cc2)C1. The van der Waals surface area contributed by atoms with Gasteiger partial charge in [-0.05, 0) is 61.9 Å². The number of pyridine rings is 1. The third kappa shape index (κ3) is 7.39. The smallest absolute Gasteiger partial charge is 0.391 e. The Balaban J connectivity index is 1.06. The van der Waals surface area contributed by atoms with Gasteiger partial charge in [-0.3, -0.25) is 9.69 Å². The lowest BCUT2D eigenvalue weighted by Gasteiger charge is -2.30. The zero-order chi connectivity index (χ0) is 27.2. The summed E-state index contributed by atoms with van der Waals surface area (Å²) in [7, 11) is 1.99. The molecule has 2 saturated heterocycles. The molecule has 4 heterocycles. The lowest BCUT2D eigenvalue weighted by Crippen LogP contribution is -2.41. The van der Waals surface area contributed by atoms with Gasteiger partial charge in [0.1, 0.15) is 0 Å². The van der Waals surface area contributed by atoms with Crippen molar-refractivity contribution in [2.24, 2.45) is 13.0 Å². The standard InChI is InChI=1S/C29H36N6O3S/c1-21-4-3-14-34(19-21)20-22-5-7-23(8-6-22)27(36)32-24-9-10-26(31-18-24)38-29(37)35-15-11-25(12-16-35)39-28-30-13-17-33(28)2/h5-10,13,17-18,21,25H,3-4,11-12,14-16,19-20H2,1-2H3,(H,32,36). The third-order valence-corrected chi connectivity index (χ3v) is 8.71.